The molecule has 2 heterocycles. The number of carbonyl (C=O) groups excluding carboxylic acids is 1. The molecule has 2 bridgehead atoms. The number of likely N-dealkylation sites (N-methyl/N-ethyl adjacent to an activating group) is 1. The third-order valence-electron chi connectivity index (χ3n) is 9.55. The Hall–Kier alpha value is -3.66. The number of aliphatic carboxylic acids is 1. The number of halogens is 2. The number of ketones is 1. The van der Waals surface area contributed by atoms with Gasteiger partial charge in [-0.2, -0.15) is 0 Å². The summed E-state index contributed by atoms with van der Waals surface area (Å²) in [6.45, 7) is 2.74. The number of benzene rings is 3. The number of carboxylic acids is 1. The summed E-state index contributed by atoms with van der Waals surface area (Å²) in [7, 11) is 3.70. The first kappa shape index (κ1) is 29.4. The molecule has 2 aliphatic carbocycles. The van der Waals surface area contributed by atoms with Crippen molar-refractivity contribution < 1.29 is 33.7 Å². The van der Waals surface area contributed by atoms with Crippen molar-refractivity contribution in [2.24, 2.45) is 0 Å². The molecule has 0 unspecified atom stereocenters. The zero-order valence-electron chi connectivity index (χ0n) is 24.2. The number of Topliss-reactive ketones (excluding diaryl/α,β-unsaturated/α-hetero) is 1. The molecule has 0 amide bonds. The number of aliphatic hydroxyl groups is 1. The number of carboxylic acid groups (broad SMARTS) is 1. The van der Waals surface area contributed by atoms with Crippen molar-refractivity contribution >= 4 is 34.7 Å². The molecule has 3 N–H and O–H groups in total. The molecule has 1 saturated heterocycles. The number of aryl methyl sites for hydroxylation is 1. The van der Waals surface area contributed by atoms with E-state index in [1.165, 1.54) is 17.7 Å². The lowest BCUT2D eigenvalue weighted by atomic mass is 9.49. The zero-order chi connectivity index (χ0) is 30.7. The van der Waals surface area contributed by atoms with Crippen molar-refractivity contribution in [1.82, 2.24) is 4.90 Å². The first-order valence-electron chi connectivity index (χ1n) is 14.3. The predicted molar refractivity (Wildman–Crippen MR) is 160 cm³/mol. The molecule has 226 valence electrons. The minimum Gasteiger partial charge on any atom is -0.493 e. The number of para-hydroxylation sites is 1. The maximum atomic E-state index is 13.7. The van der Waals surface area contributed by atoms with Crippen LogP contribution in [0.5, 0.6) is 11.5 Å². The molecule has 1 spiro atoms. The van der Waals surface area contributed by atoms with E-state index in [4.69, 9.17) is 26.2 Å². The highest BCUT2D eigenvalue weighted by molar-refractivity contribution is 6.33. The Kier molecular flexibility index (Phi) is 7.39. The van der Waals surface area contributed by atoms with Gasteiger partial charge in [0.1, 0.15) is 5.82 Å². The molecule has 2 fully saturated rings. The van der Waals surface area contributed by atoms with E-state index in [1.807, 2.05) is 19.1 Å². The van der Waals surface area contributed by atoms with Crippen molar-refractivity contribution in [3.63, 3.8) is 0 Å². The van der Waals surface area contributed by atoms with Crippen LogP contribution in [0.3, 0.4) is 0 Å². The second-order valence-corrected chi connectivity index (χ2v) is 12.3. The van der Waals surface area contributed by atoms with E-state index in [2.05, 4.69) is 23.3 Å². The number of hydrogen-bond acceptors (Lipinski definition) is 7. The number of carbonyl (C=O) groups is 2. The van der Waals surface area contributed by atoms with Gasteiger partial charge in [0.2, 0.25) is 0 Å². The van der Waals surface area contributed by atoms with Gasteiger partial charge in [-0.3, -0.25) is 9.59 Å². The fourth-order valence-corrected chi connectivity index (χ4v) is 7.80. The van der Waals surface area contributed by atoms with Crippen LogP contribution in [0.15, 0.2) is 48.5 Å². The lowest BCUT2D eigenvalue weighted by Gasteiger charge is -2.62. The zero-order valence-corrected chi connectivity index (χ0v) is 25.0. The monoisotopic (exact) mass is 608 g/mol. The van der Waals surface area contributed by atoms with Crippen LogP contribution in [0.25, 0.3) is 0 Å². The largest absolute Gasteiger partial charge is 0.493 e. The first-order valence-corrected chi connectivity index (χ1v) is 14.7. The lowest BCUT2D eigenvalue weighted by Crippen LogP contribution is -2.76. The smallest absolute Gasteiger partial charge is 0.307 e. The van der Waals surface area contributed by atoms with Crippen LogP contribution in [0.2, 0.25) is 5.02 Å². The fraction of sp³-hybridized carbons (Fsp3) is 0.394. The van der Waals surface area contributed by atoms with Crippen molar-refractivity contribution in [1.29, 1.82) is 0 Å². The van der Waals surface area contributed by atoms with E-state index in [1.54, 1.807) is 25.3 Å². The Morgan fingerprint density at radius 1 is 1.23 bits per heavy atom. The molecule has 3 aromatic rings. The Morgan fingerprint density at radius 3 is 2.74 bits per heavy atom. The molecule has 7 rings (SSSR count). The summed E-state index contributed by atoms with van der Waals surface area (Å²) < 4.78 is 25.4. The van der Waals surface area contributed by atoms with Crippen LogP contribution in [0.4, 0.5) is 15.8 Å². The first-order chi connectivity index (χ1) is 20.5. The maximum Gasteiger partial charge on any atom is 0.307 e. The van der Waals surface area contributed by atoms with Crippen molar-refractivity contribution in [3.8, 4) is 11.5 Å². The summed E-state index contributed by atoms with van der Waals surface area (Å²) in [4.78, 5) is 25.8. The second kappa shape index (κ2) is 10.8. The summed E-state index contributed by atoms with van der Waals surface area (Å²) in [5.74, 6) is 0.0356. The Bertz CT molecular complexity index is 1610. The molecular formula is C33H34ClFN2O6. The molecular weight excluding hydrogens is 575 g/mol. The van der Waals surface area contributed by atoms with Crippen molar-refractivity contribution in [3.05, 3.63) is 81.6 Å². The molecule has 2 aliphatic heterocycles. The number of ether oxygens (including phenoxy) is 2. The number of anilines is 2. The van der Waals surface area contributed by atoms with Gasteiger partial charge in [0.05, 0.1) is 35.3 Å². The van der Waals surface area contributed by atoms with Gasteiger partial charge in [0, 0.05) is 23.7 Å². The van der Waals surface area contributed by atoms with Crippen LogP contribution in [0, 0.1) is 12.7 Å². The highest BCUT2D eigenvalue weighted by Crippen LogP contribution is 2.64. The lowest BCUT2D eigenvalue weighted by molar-refractivity contribution is -0.185. The summed E-state index contributed by atoms with van der Waals surface area (Å²) in [6.07, 6.45) is 1.75. The standard InChI is InChI=1S/C18H21NO4.C15H13ClFNO2/c1-19-8-7-17-14-10-3-4-12(22-2)15(14)23-16(17)11(20)5-6-18(17,21)13(19)9-10;1-9-5-6-13(10(7-9)8-14(19)20)18-15-11(16)3-2-4-12(15)17/h3-4,13,16,21H,5-9H2,1-2H3;2-7,18H,8H2,1H3,(H,19,20)/t13-,16+,17+,18-;/m1./s1. The van der Waals surface area contributed by atoms with Gasteiger partial charge in [0.25, 0.3) is 0 Å². The topological polar surface area (TPSA) is 108 Å². The van der Waals surface area contributed by atoms with Gasteiger partial charge in [-0.1, -0.05) is 41.4 Å². The van der Waals surface area contributed by atoms with Crippen LogP contribution in [0.1, 0.15) is 41.5 Å². The Morgan fingerprint density at radius 2 is 2.02 bits per heavy atom. The molecule has 1 saturated carbocycles. The normalized spacial score (nSPS) is 26.5. The average Bonchev–Trinajstić information content (AvgIpc) is 3.32. The summed E-state index contributed by atoms with van der Waals surface area (Å²) in [5.41, 5.74) is 2.93. The number of rotatable bonds is 5. The highest BCUT2D eigenvalue weighted by atomic mass is 35.5. The number of likely N-dealkylation sites (tertiary alicyclic amines) is 1. The minimum absolute atomic E-state index is 0.0438. The average molecular weight is 609 g/mol. The number of nitrogens with one attached hydrogen (secondary N) is 1. The van der Waals surface area contributed by atoms with Crippen molar-refractivity contribution in [2.75, 3.05) is 26.0 Å². The number of nitrogens with zero attached hydrogens (tertiary/aromatic N) is 1. The van der Waals surface area contributed by atoms with Gasteiger partial charge in [0.15, 0.2) is 23.4 Å². The maximum absolute atomic E-state index is 13.7. The third kappa shape index (κ3) is 4.56. The molecule has 4 aliphatic rings. The van der Waals surface area contributed by atoms with Gasteiger partial charge in [-0.15, -0.1) is 0 Å². The number of methoxy groups -OCH3 is 1. The summed E-state index contributed by atoms with van der Waals surface area (Å²) in [6, 6.07) is 13.7. The fourth-order valence-electron chi connectivity index (χ4n) is 7.59. The van der Waals surface area contributed by atoms with Gasteiger partial charge >= 0.3 is 5.97 Å². The molecule has 0 aromatic heterocycles. The molecule has 8 nitrogen and oxygen atoms in total. The van der Waals surface area contributed by atoms with Gasteiger partial charge in [-0.25, -0.2) is 4.39 Å². The van der Waals surface area contributed by atoms with E-state index in [-0.39, 0.29) is 29.0 Å². The quantitative estimate of drug-likeness (QED) is 0.363. The van der Waals surface area contributed by atoms with E-state index in [0.29, 0.717) is 35.6 Å². The molecule has 0 radical (unpaired) electrons. The van der Waals surface area contributed by atoms with E-state index < -0.39 is 28.9 Å². The van der Waals surface area contributed by atoms with Gasteiger partial charge in [-0.05, 0) is 75.2 Å². The molecule has 10 heteroatoms. The second-order valence-electron chi connectivity index (χ2n) is 11.9. The van der Waals surface area contributed by atoms with Crippen molar-refractivity contribution in [2.45, 2.75) is 62.2 Å². The Balaban J connectivity index is 0.000000155. The van der Waals surface area contributed by atoms with E-state index >= 15 is 0 Å². The molecule has 3 aromatic carbocycles. The number of piperidine rings is 1. The van der Waals surface area contributed by atoms with Gasteiger partial charge < -0.3 is 29.9 Å². The Labute approximate surface area is 254 Å². The minimum atomic E-state index is -0.946. The van der Waals surface area contributed by atoms with Crippen LogP contribution in [-0.4, -0.2) is 65.3 Å². The SMILES string of the molecule is COc1ccc2c3c1O[C@H]1C(=O)CC[C@@]4(O)[C@@H](C2)N(C)CC[C@]314.Cc1ccc(Nc2c(F)cccc2Cl)c(CC(=O)O)c1. The molecule has 4 atom stereocenters. The number of hydrogen-bond donors (Lipinski definition) is 3. The van der Waals surface area contributed by atoms with E-state index in [0.717, 1.165) is 30.5 Å². The summed E-state index contributed by atoms with van der Waals surface area (Å²) >= 11 is 5.95. The van der Waals surface area contributed by atoms with Crippen LogP contribution >= 0.6 is 11.6 Å². The predicted octanol–water partition coefficient (Wildman–Crippen LogP) is 5.21. The van der Waals surface area contributed by atoms with Crippen LogP contribution in [-0.2, 0) is 27.8 Å². The third-order valence-corrected chi connectivity index (χ3v) is 9.87. The van der Waals surface area contributed by atoms with Crippen LogP contribution < -0.4 is 14.8 Å². The molecule has 43 heavy (non-hydrogen) atoms. The highest BCUT2D eigenvalue weighted by Gasteiger charge is 2.72. The van der Waals surface area contributed by atoms with E-state index in [9.17, 15) is 19.1 Å². The summed E-state index contributed by atoms with van der Waals surface area (Å²) in [5, 5.41) is 23.8.